The number of rotatable bonds is 5. The summed E-state index contributed by atoms with van der Waals surface area (Å²) in [6.07, 6.45) is 1.61. The van der Waals surface area contributed by atoms with Crippen LogP contribution in [0, 0.1) is 0 Å². The van der Waals surface area contributed by atoms with Crippen LogP contribution in [0.3, 0.4) is 0 Å². The lowest BCUT2D eigenvalue weighted by Gasteiger charge is -2.34. The fraction of sp³-hybridized carbons (Fsp3) is 0.333. The van der Waals surface area contributed by atoms with E-state index in [0.29, 0.717) is 30.5 Å². The third-order valence-electron chi connectivity index (χ3n) is 4.43. The van der Waals surface area contributed by atoms with Gasteiger partial charge in [-0.3, -0.25) is 0 Å². The van der Waals surface area contributed by atoms with Gasteiger partial charge in [0.1, 0.15) is 0 Å². The number of aromatic nitrogens is 1. The molecule has 2 aromatic rings. The van der Waals surface area contributed by atoms with Gasteiger partial charge in [0.15, 0.2) is 0 Å². The summed E-state index contributed by atoms with van der Waals surface area (Å²) in [5.41, 5.74) is 0.865. The lowest BCUT2D eigenvalue weighted by Crippen LogP contribution is -2.52. The molecule has 150 valence electrons. The predicted molar refractivity (Wildman–Crippen MR) is 105 cm³/mol. The molecular formula is C18H21ClN4O4S. The number of piperazine rings is 1. The van der Waals surface area contributed by atoms with Crippen molar-refractivity contribution >= 4 is 27.7 Å². The number of nitrogens with one attached hydrogen (secondary N) is 1. The lowest BCUT2D eigenvalue weighted by molar-refractivity contribution is 0.172. The summed E-state index contributed by atoms with van der Waals surface area (Å²) in [7, 11) is -2.07. The number of methoxy groups -OCH3 is 1. The molecule has 1 fully saturated rings. The second kappa shape index (κ2) is 8.76. The molecule has 0 bridgehead atoms. The van der Waals surface area contributed by atoms with Crippen LogP contribution in [0.1, 0.15) is 5.56 Å². The van der Waals surface area contributed by atoms with Crippen molar-refractivity contribution < 1.29 is 17.9 Å². The van der Waals surface area contributed by atoms with Crippen molar-refractivity contribution in [3.05, 3.63) is 53.2 Å². The molecule has 1 saturated heterocycles. The van der Waals surface area contributed by atoms with E-state index in [1.54, 1.807) is 35.4 Å². The summed E-state index contributed by atoms with van der Waals surface area (Å²) in [5.74, 6) is 0.479. The van der Waals surface area contributed by atoms with Crippen molar-refractivity contribution in [3.63, 3.8) is 0 Å². The number of benzene rings is 1. The Balaban J connectivity index is 1.54. The largest absolute Gasteiger partial charge is 0.481 e. The predicted octanol–water partition coefficient (Wildman–Crippen LogP) is 1.96. The fourth-order valence-corrected chi connectivity index (χ4v) is 4.40. The Morgan fingerprint density at radius 2 is 1.86 bits per heavy atom. The van der Waals surface area contributed by atoms with Crippen LogP contribution >= 0.6 is 11.6 Å². The van der Waals surface area contributed by atoms with Gasteiger partial charge in [0, 0.05) is 50.0 Å². The van der Waals surface area contributed by atoms with Crippen LogP contribution in [0.5, 0.6) is 5.88 Å². The first-order chi connectivity index (χ1) is 13.4. The van der Waals surface area contributed by atoms with Crippen LogP contribution in [0.15, 0.2) is 47.5 Å². The first-order valence-corrected chi connectivity index (χ1v) is 10.5. The van der Waals surface area contributed by atoms with E-state index in [0.717, 1.165) is 5.56 Å². The van der Waals surface area contributed by atoms with E-state index in [9.17, 15) is 13.2 Å². The zero-order chi connectivity index (χ0) is 20.1. The van der Waals surface area contributed by atoms with Crippen molar-refractivity contribution in [2.75, 3.05) is 33.3 Å². The highest BCUT2D eigenvalue weighted by atomic mass is 35.5. The highest BCUT2D eigenvalue weighted by molar-refractivity contribution is 7.89. The maximum absolute atomic E-state index is 12.7. The van der Waals surface area contributed by atoms with Crippen molar-refractivity contribution in [1.82, 2.24) is 19.5 Å². The topological polar surface area (TPSA) is 91.8 Å². The number of hydrogen-bond acceptors (Lipinski definition) is 5. The van der Waals surface area contributed by atoms with Gasteiger partial charge in [0.25, 0.3) is 0 Å². The van der Waals surface area contributed by atoms with E-state index in [4.69, 9.17) is 16.3 Å². The number of halogens is 1. The van der Waals surface area contributed by atoms with Gasteiger partial charge in [-0.2, -0.15) is 4.31 Å². The average molecular weight is 425 g/mol. The van der Waals surface area contributed by atoms with Gasteiger partial charge in [-0.15, -0.1) is 0 Å². The molecule has 1 aliphatic heterocycles. The zero-order valence-electron chi connectivity index (χ0n) is 15.3. The molecule has 10 heteroatoms. The number of ether oxygens (including phenoxy) is 1. The zero-order valence-corrected chi connectivity index (χ0v) is 16.9. The van der Waals surface area contributed by atoms with Crippen LogP contribution in [-0.2, 0) is 16.6 Å². The minimum Gasteiger partial charge on any atom is -0.481 e. The number of nitrogens with zero attached hydrogens (tertiary/aromatic N) is 3. The van der Waals surface area contributed by atoms with Gasteiger partial charge in [-0.25, -0.2) is 18.2 Å². The fourth-order valence-electron chi connectivity index (χ4n) is 2.85. The third-order valence-corrected chi connectivity index (χ3v) is 6.59. The number of pyridine rings is 1. The average Bonchev–Trinajstić information content (AvgIpc) is 2.72. The molecule has 0 atom stereocenters. The van der Waals surface area contributed by atoms with E-state index >= 15 is 0 Å². The minimum absolute atomic E-state index is 0.196. The molecule has 1 aromatic heterocycles. The summed E-state index contributed by atoms with van der Waals surface area (Å²) >= 11 is 5.82. The van der Waals surface area contributed by atoms with Crippen LogP contribution in [-0.4, -0.2) is 61.9 Å². The molecule has 0 saturated carbocycles. The number of carbonyl (C=O) groups excluding carboxylic acids is 1. The van der Waals surface area contributed by atoms with Crippen molar-refractivity contribution in [2.45, 2.75) is 11.4 Å². The van der Waals surface area contributed by atoms with Crippen molar-refractivity contribution in [3.8, 4) is 5.88 Å². The van der Waals surface area contributed by atoms with Crippen LogP contribution in [0.2, 0.25) is 5.02 Å². The Morgan fingerprint density at radius 3 is 2.50 bits per heavy atom. The van der Waals surface area contributed by atoms with Crippen LogP contribution < -0.4 is 10.1 Å². The van der Waals surface area contributed by atoms with Gasteiger partial charge < -0.3 is 15.0 Å². The minimum atomic E-state index is -3.60. The van der Waals surface area contributed by atoms with Crippen molar-refractivity contribution in [2.24, 2.45) is 0 Å². The maximum atomic E-state index is 12.7. The Morgan fingerprint density at radius 1 is 1.18 bits per heavy atom. The van der Waals surface area contributed by atoms with Gasteiger partial charge in [0.05, 0.1) is 12.0 Å². The Kier molecular flexibility index (Phi) is 6.38. The summed E-state index contributed by atoms with van der Waals surface area (Å²) in [4.78, 5) is 18.2. The number of carbonyl (C=O) groups is 1. The van der Waals surface area contributed by atoms with Gasteiger partial charge in [-0.05, 0) is 35.9 Å². The van der Waals surface area contributed by atoms with E-state index in [1.807, 2.05) is 0 Å². The Hall–Kier alpha value is -2.36. The molecule has 1 aliphatic rings. The summed E-state index contributed by atoms with van der Waals surface area (Å²) < 4.78 is 31.8. The van der Waals surface area contributed by atoms with E-state index < -0.39 is 10.0 Å². The highest BCUT2D eigenvalue weighted by Crippen LogP contribution is 2.20. The van der Waals surface area contributed by atoms with Gasteiger partial charge in [0.2, 0.25) is 15.9 Å². The molecule has 8 nitrogen and oxygen atoms in total. The molecule has 2 heterocycles. The first kappa shape index (κ1) is 20.4. The van der Waals surface area contributed by atoms with Crippen LogP contribution in [0.4, 0.5) is 4.79 Å². The SMILES string of the molecule is COc1cc(CNC(=O)N2CCN(S(=O)(=O)c3ccc(Cl)cc3)CC2)ccn1. The molecule has 1 N–H and O–H groups in total. The Labute approximate surface area is 169 Å². The third kappa shape index (κ3) is 4.73. The standard InChI is InChI=1S/C18H21ClN4O4S/c1-27-17-12-14(6-7-20-17)13-21-18(24)22-8-10-23(11-9-22)28(25,26)16-4-2-15(19)3-5-16/h2-7,12H,8-11,13H2,1H3,(H,21,24). The molecular weight excluding hydrogens is 404 g/mol. The van der Waals surface area contributed by atoms with E-state index in [2.05, 4.69) is 10.3 Å². The van der Waals surface area contributed by atoms with Gasteiger partial charge >= 0.3 is 6.03 Å². The molecule has 2 amide bonds. The molecule has 3 rings (SSSR count). The number of hydrogen-bond donors (Lipinski definition) is 1. The second-order valence-electron chi connectivity index (χ2n) is 6.21. The molecule has 0 aliphatic carbocycles. The molecule has 0 spiro atoms. The second-order valence-corrected chi connectivity index (χ2v) is 8.58. The molecule has 28 heavy (non-hydrogen) atoms. The summed E-state index contributed by atoms with van der Waals surface area (Å²) in [5, 5.41) is 3.31. The quantitative estimate of drug-likeness (QED) is 0.792. The van der Waals surface area contributed by atoms with Crippen molar-refractivity contribution in [1.29, 1.82) is 0 Å². The van der Waals surface area contributed by atoms with E-state index in [1.165, 1.54) is 23.5 Å². The normalized spacial score (nSPS) is 15.3. The van der Waals surface area contributed by atoms with Crippen LogP contribution in [0.25, 0.3) is 0 Å². The lowest BCUT2D eigenvalue weighted by atomic mass is 10.2. The molecule has 0 radical (unpaired) electrons. The van der Waals surface area contributed by atoms with Gasteiger partial charge in [-0.1, -0.05) is 11.6 Å². The maximum Gasteiger partial charge on any atom is 0.317 e. The first-order valence-electron chi connectivity index (χ1n) is 8.67. The summed E-state index contributed by atoms with van der Waals surface area (Å²) in [6.45, 7) is 1.44. The summed E-state index contributed by atoms with van der Waals surface area (Å²) in [6, 6.07) is 9.37. The highest BCUT2D eigenvalue weighted by Gasteiger charge is 2.30. The monoisotopic (exact) mass is 424 g/mol. The number of amides is 2. The molecule has 1 aromatic carbocycles. The molecule has 0 unspecified atom stereocenters. The smallest absolute Gasteiger partial charge is 0.317 e. The Bertz CT molecular complexity index is 929. The van der Waals surface area contributed by atoms with E-state index in [-0.39, 0.29) is 24.0 Å². The number of sulfonamides is 1. The number of urea groups is 1.